The standard InChI is InChI=1S/C22H27N3O5.ClH/c23-13-5-4-10-18(22(28)29)25-21(27)19(15-16-7-2-1-3-8-16)24-20(26)12-11-17-9-6-14-30-17;/h1-3,6-9,11-12,14,18-19H,4-5,10,13,15,23H2,(H,24,26)(H,25,27)(H,28,29);1H/b12-11+;/t18-,19-;/m0./s1. The molecule has 0 aliphatic heterocycles. The van der Waals surface area contributed by atoms with Gasteiger partial charge in [-0.2, -0.15) is 0 Å². The van der Waals surface area contributed by atoms with Crippen LogP contribution in [-0.4, -0.2) is 41.5 Å². The lowest BCUT2D eigenvalue weighted by Crippen LogP contribution is -2.52. The van der Waals surface area contributed by atoms with Gasteiger partial charge in [0.1, 0.15) is 17.8 Å². The summed E-state index contributed by atoms with van der Waals surface area (Å²) >= 11 is 0. The molecule has 2 amide bonds. The number of nitrogens with one attached hydrogen (secondary N) is 2. The maximum Gasteiger partial charge on any atom is 0.326 e. The summed E-state index contributed by atoms with van der Waals surface area (Å²) in [5, 5.41) is 14.6. The van der Waals surface area contributed by atoms with Crippen LogP contribution in [0.1, 0.15) is 30.6 Å². The highest BCUT2D eigenvalue weighted by Gasteiger charge is 2.26. The summed E-state index contributed by atoms with van der Waals surface area (Å²) in [6, 6.07) is 10.6. The third-order valence-corrected chi connectivity index (χ3v) is 4.42. The van der Waals surface area contributed by atoms with Crippen LogP contribution < -0.4 is 16.4 Å². The van der Waals surface area contributed by atoms with Crippen molar-refractivity contribution in [2.75, 3.05) is 6.54 Å². The molecule has 1 aromatic carbocycles. The Morgan fingerprint density at radius 2 is 1.77 bits per heavy atom. The van der Waals surface area contributed by atoms with Gasteiger partial charge in [-0.25, -0.2) is 4.79 Å². The van der Waals surface area contributed by atoms with Gasteiger partial charge in [0.05, 0.1) is 6.26 Å². The van der Waals surface area contributed by atoms with E-state index in [1.165, 1.54) is 18.4 Å². The number of rotatable bonds is 12. The van der Waals surface area contributed by atoms with Gasteiger partial charge in [-0.15, -0.1) is 12.4 Å². The quantitative estimate of drug-likeness (QED) is 0.289. The number of amides is 2. The topological polar surface area (TPSA) is 135 Å². The first kappa shape index (κ1) is 25.9. The normalized spacial score (nSPS) is 12.5. The van der Waals surface area contributed by atoms with Crippen LogP contribution in [0.5, 0.6) is 0 Å². The van der Waals surface area contributed by atoms with E-state index >= 15 is 0 Å². The second-order valence-corrected chi connectivity index (χ2v) is 6.78. The number of hydrogen-bond acceptors (Lipinski definition) is 5. The average molecular weight is 450 g/mol. The third kappa shape index (κ3) is 9.50. The van der Waals surface area contributed by atoms with Crippen molar-refractivity contribution >= 4 is 36.3 Å². The maximum atomic E-state index is 12.8. The van der Waals surface area contributed by atoms with E-state index in [-0.39, 0.29) is 25.2 Å². The Balaban J connectivity index is 0.00000480. The number of carboxylic acids is 1. The zero-order valence-corrected chi connectivity index (χ0v) is 17.8. The molecule has 168 valence electrons. The number of hydrogen-bond donors (Lipinski definition) is 4. The Morgan fingerprint density at radius 1 is 1.03 bits per heavy atom. The molecule has 2 atom stereocenters. The van der Waals surface area contributed by atoms with Gasteiger partial charge in [0.25, 0.3) is 0 Å². The number of aliphatic carboxylic acids is 1. The Hall–Kier alpha value is -3.10. The Morgan fingerprint density at radius 3 is 2.39 bits per heavy atom. The highest BCUT2D eigenvalue weighted by Crippen LogP contribution is 2.07. The second-order valence-electron chi connectivity index (χ2n) is 6.78. The van der Waals surface area contributed by atoms with E-state index < -0.39 is 29.9 Å². The van der Waals surface area contributed by atoms with Crippen LogP contribution in [0, 0.1) is 0 Å². The van der Waals surface area contributed by atoms with E-state index in [2.05, 4.69) is 10.6 Å². The zero-order chi connectivity index (χ0) is 21.8. The van der Waals surface area contributed by atoms with Crippen molar-refractivity contribution in [3.8, 4) is 0 Å². The van der Waals surface area contributed by atoms with Crippen molar-refractivity contribution in [2.24, 2.45) is 5.73 Å². The summed E-state index contributed by atoms with van der Waals surface area (Å²) in [7, 11) is 0. The average Bonchev–Trinajstić information content (AvgIpc) is 3.25. The minimum atomic E-state index is -1.12. The molecule has 0 spiro atoms. The molecule has 0 fully saturated rings. The Kier molecular flexibility index (Phi) is 11.7. The van der Waals surface area contributed by atoms with Crippen LogP contribution in [0.4, 0.5) is 0 Å². The van der Waals surface area contributed by atoms with Crippen LogP contribution >= 0.6 is 12.4 Å². The van der Waals surface area contributed by atoms with Gasteiger partial charge in [-0.3, -0.25) is 9.59 Å². The number of furan rings is 1. The lowest BCUT2D eigenvalue weighted by atomic mass is 10.0. The fourth-order valence-corrected chi connectivity index (χ4v) is 2.85. The lowest BCUT2D eigenvalue weighted by molar-refractivity contribution is -0.142. The van der Waals surface area contributed by atoms with Gasteiger partial charge >= 0.3 is 5.97 Å². The molecule has 2 rings (SSSR count). The lowest BCUT2D eigenvalue weighted by Gasteiger charge is -2.21. The van der Waals surface area contributed by atoms with E-state index in [9.17, 15) is 19.5 Å². The summed E-state index contributed by atoms with van der Waals surface area (Å²) in [5.41, 5.74) is 6.29. The first-order valence-corrected chi connectivity index (χ1v) is 9.79. The molecule has 0 bridgehead atoms. The number of benzene rings is 1. The van der Waals surface area contributed by atoms with Gasteiger partial charge < -0.3 is 25.9 Å². The van der Waals surface area contributed by atoms with Crippen molar-refractivity contribution in [3.05, 3.63) is 66.1 Å². The molecule has 9 heteroatoms. The number of nitrogens with two attached hydrogens (primary N) is 1. The van der Waals surface area contributed by atoms with E-state index in [0.29, 0.717) is 25.1 Å². The van der Waals surface area contributed by atoms with Gasteiger partial charge in [0.2, 0.25) is 11.8 Å². The minimum absolute atomic E-state index is 0. The number of unbranched alkanes of at least 4 members (excludes halogenated alkanes) is 1. The Bertz CT molecular complexity index is 840. The third-order valence-electron chi connectivity index (χ3n) is 4.42. The predicted octanol–water partition coefficient (Wildman–Crippen LogP) is 2.14. The molecule has 0 aliphatic carbocycles. The van der Waals surface area contributed by atoms with Crippen LogP contribution in [-0.2, 0) is 20.8 Å². The summed E-state index contributed by atoms with van der Waals surface area (Å²) in [5.74, 6) is -1.67. The summed E-state index contributed by atoms with van der Waals surface area (Å²) in [6.07, 6.45) is 5.97. The molecule has 8 nitrogen and oxygen atoms in total. The van der Waals surface area contributed by atoms with Crippen molar-refractivity contribution in [1.82, 2.24) is 10.6 Å². The molecule has 0 saturated carbocycles. The molecule has 1 heterocycles. The van der Waals surface area contributed by atoms with Crippen LogP contribution in [0.15, 0.2) is 59.2 Å². The fourth-order valence-electron chi connectivity index (χ4n) is 2.85. The number of halogens is 1. The highest BCUT2D eigenvalue weighted by atomic mass is 35.5. The van der Waals surface area contributed by atoms with Crippen LogP contribution in [0.2, 0.25) is 0 Å². The minimum Gasteiger partial charge on any atom is -0.480 e. The molecule has 0 aliphatic rings. The SMILES string of the molecule is Cl.NCCCC[C@H](NC(=O)[C@H](Cc1ccccc1)NC(=O)/C=C/c1ccco1)C(=O)O. The highest BCUT2D eigenvalue weighted by molar-refractivity contribution is 5.96. The summed E-state index contributed by atoms with van der Waals surface area (Å²) in [6.45, 7) is 0.453. The molecule has 5 N–H and O–H groups in total. The summed E-state index contributed by atoms with van der Waals surface area (Å²) in [4.78, 5) is 36.6. The van der Waals surface area contributed by atoms with Gasteiger partial charge in [-0.05, 0) is 49.6 Å². The molecular formula is C22H28ClN3O5. The molecular weight excluding hydrogens is 422 g/mol. The van der Waals surface area contributed by atoms with Gasteiger partial charge in [0, 0.05) is 12.5 Å². The molecule has 0 radical (unpaired) electrons. The number of carbonyl (C=O) groups excluding carboxylic acids is 2. The van der Waals surface area contributed by atoms with Gasteiger partial charge in [-0.1, -0.05) is 30.3 Å². The molecule has 1 aromatic heterocycles. The fraction of sp³-hybridized carbons (Fsp3) is 0.318. The smallest absolute Gasteiger partial charge is 0.326 e. The van der Waals surface area contributed by atoms with Crippen molar-refractivity contribution in [2.45, 2.75) is 37.8 Å². The first-order chi connectivity index (χ1) is 14.5. The first-order valence-electron chi connectivity index (χ1n) is 9.79. The zero-order valence-electron chi connectivity index (χ0n) is 17.0. The second kappa shape index (κ2) is 14.0. The van der Waals surface area contributed by atoms with E-state index in [1.807, 2.05) is 30.3 Å². The number of carbonyl (C=O) groups is 3. The molecule has 2 aromatic rings. The molecule has 0 saturated heterocycles. The monoisotopic (exact) mass is 449 g/mol. The van der Waals surface area contributed by atoms with Crippen LogP contribution in [0.3, 0.4) is 0 Å². The van der Waals surface area contributed by atoms with Gasteiger partial charge in [0.15, 0.2) is 0 Å². The number of carboxylic acid groups (broad SMARTS) is 1. The van der Waals surface area contributed by atoms with E-state index in [0.717, 1.165) is 5.56 Å². The maximum absolute atomic E-state index is 12.8. The predicted molar refractivity (Wildman–Crippen MR) is 120 cm³/mol. The Labute approximate surface area is 187 Å². The van der Waals surface area contributed by atoms with Crippen molar-refractivity contribution < 1.29 is 23.9 Å². The van der Waals surface area contributed by atoms with E-state index in [1.54, 1.807) is 12.1 Å². The van der Waals surface area contributed by atoms with Crippen molar-refractivity contribution in [1.29, 1.82) is 0 Å². The summed E-state index contributed by atoms with van der Waals surface area (Å²) < 4.78 is 5.14. The van der Waals surface area contributed by atoms with Crippen molar-refractivity contribution in [3.63, 3.8) is 0 Å². The van der Waals surface area contributed by atoms with Crippen LogP contribution in [0.25, 0.3) is 6.08 Å². The van der Waals surface area contributed by atoms with E-state index in [4.69, 9.17) is 10.2 Å². The molecule has 0 unspecified atom stereocenters. The largest absolute Gasteiger partial charge is 0.480 e. The molecule has 31 heavy (non-hydrogen) atoms.